The zero-order chi connectivity index (χ0) is 8.27. The second kappa shape index (κ2) is 4.02. The fourth-order valence-electron chi connectivity index (χ4n) is 0.806. The van der Waals surface area contributed by atoms with Crippen molar-refractivity contribution in [3.8, 4) is 0 Å². The highest BCUT2D eigenvalue weighted by Gasteiger charge is 1.97. The molecule has 0 aliphatic heterocycles. The molecule has 0 radical (unpaired) electrons. The van der Waals surface area contributed by atoms with Crippen LogP contribution < -0.4 is 5.73 Å². The van der Waals surface area contributed by atoms with Gasteiger partial charge in [-0.15, -0.1) is 11.8 Å². The molecule has 1 rings (SSSR count). The monoisotopic (exact) mass is 231 g/mol. The lowest BCUT2D eigenvalue weighted by Crippen LogP contribution is -1.87. The summed E-state index contributed by atoms with van der Waals surface area (Å²) in [5.74, 6) is 1.06. The molecular formula is C8H10BrNS. The number of hydrogen-bond acceptors (Lipinski definition) is 2. The summed E-state index contributed by atoms with van der Waals surface area (Å²) in [7, 11) is 0. The van der Waals surface area contributed by atoms with Crippen LogP contribution in [0.3, 0.4) is 0 Å². The van der Waals surface area contributed by atoms with Crippen molar-refractivity contribution < 1.29 is 0 Å². The maximum atomic E-state index is 5.76. The summed E-state index contributed by atoms with van der Waals surface area (Å²) >= 11 is 5.12. The van der Waals surface area contributed by atoms with Crippen LogP contribution in [0.5, 0.6) is 0 Å². The molecule has 60 valence electrons. The highest BCUT2D eigenvalue weighted by Crippen LogP contribution is 2.27. The Morgan fingerprint density at radius 1 is 1.55 bits per heavy atom. The SMILES string of the molecule is CCSc1ccc(Br)cc1N. The predicted octanol–water partition coefficient (Wildman–Crippen LogP) is 3.14. The van der Waals surface area contributed by atoms with Crippen molar-refractivity contribution in [2.45, 2.75) is 11.8 Å². The predicted molar refractivity (Wildman–Crippen MR) is 55.0 cm³/mol. The summed E-state index contributed by atoms with van der Waals surface area (Å²) in [6, 6.07) is 5.97. The molecule has 0 unspecified atom stereocenters. The zero-order valence-corrected chi connectivity index (χ0v) is 8.71. The molecule has 11 heavy (non-hydrogen) atoms. The third kappa shape index (κ3) is 2.42. The van der Waals surface area contributed by atoms with Gasteiger partial charge in [-0.25, -0.2) is 0 Å². The maximum Gasteiger partial charge on any atom is 0.0463 e. The van der Waals surface area contributed by atoms with E-state index in [0.29, 0.717) is 0 Å². The second-order valence-corrected chi connectivity index (χ2v) is 4.34. The van der Waals surface area contributed by atoms with Crippen LogP contribution in [0, 0.1) is 0 Å². The van der Waals surface area contributed by atoms with E-state index in [0.717, 1.165) is 20.8 Å². The minimum absolute atomic E-state index is 0.853. The second-order valence-electron chi connectivity index (χ2n) is 2.12. The van der Waals surface area contributed by atoms with E-state index in [2.05, 4.69) is 22.9 Å². The van der Waals surface area contributed by atoms with Crippen molar-refractivity contribution in [1.29, 1.82) is 0 Å². The van der Waals surface area contributed by atoms with Gasteiger partial charge in [0, 0.05) is 15.1 Å². The van der Waals surface area contributed by atoms with Crippen molar-refractivity contribution in [1.82, 2.24) is 0 Å². The number of halogens is 1. The summed E-state index contributed by atoms with van der Waals surface area (Å²) in [5.41, 5.74) is 6.61. The average Bonchev–Trinajstić information content (AvgIpc) is 1.95. The number of anilines is 1. The first-order valence-electron chi connectivity index (χ1n) is 3.42. The molecule has 0 fully saturated rings. The van der Waals surface area contributed by atoms with E-state index in [-0.39, 0.29) is 0 Å². The fourth-order valence-corrected chi connectivity index (χ4v) is 1.89. The molecule has 0 amide bonds. The van der Waals surface area contributed by atoms with Gasteiger partial charge < -0.3 is 5.73 Å². The number of nitrogens with two attached hydrogens (primary N) is 1. The molecule has 0 spiro atoms. The first-order valence-corrected chi connectivity index (χ1v) is 5.19. The summed E-state index contributed by atoms with van der Waals surface area (Å²) < 4.78 is 1.04. The summed E-state index contributed by atoms with van der Waals surface area (Å²) in [6.07, 6.45) is 0. The van der Waals surface area contributed by atoms with Gasteiger partial charge in [0.1, 0.15) is 0 Å². The zero-order valence-electron chi connectivity index (χ0n) is 6.30. The largest absolute Gasteiger partial charge is 0.398 e. The van der Waals surface area contributed by atoms with Gasteiger partial charge in [-0.3, -0.25) is 0 Å². The molecule has 0 bridgehead atoms. The van der Waals surface area contributed by atoms with Crippen LogP contribution in [-0.2, 0) is 0 Å². The van der Waals surface area contributed by atoms with E-state index in [1.165, 1.54) is 0 Å². The van der Waals surface area contributed by atoms with E-state index >= 15 is 0 Å². The fraction of sp³-hybridized carbons (Fsp3) is 0.250. The molecule has 0 aromatic heterocycles. The van der Waals surface area contributed by atoms with Crippen LogP contribution in [0.25, 0.3) is 0 Å². The van der Waals surface area contributed by atoms with E-state index in [9.17, 15) is 0 Å². The molecule has 0 aliphatic carbocycles. The standard InChI is InChI=1S/C8H10BrNS/c1-2-11-8-4-3-6(9)5-7(8)10/h3-5H,2,10H2,1H3. The van der Waals surface area contributed by atoms with Gasteiger partial charge in [-0.2, -0.15) is 0 Å². The van der Waals surface area contributed by atoms with E-state index in [1.807, 2.05) is 18.2 Å². The summed E-state index contributed by atoms with van der Waals surface area (Å²) in [5, 5.41) is 0. The van der Waals surface area contributed by atoms with Crippen LogP contribution in [0.4, 0.5) is 5.69 Å². The molecule has 3 heteroatoms. The quantitative estimate of drug-likeness (QED) is 0.626. The minimum Gasteiger partial charge on any atom is -0.398 e. The lowest BCUT2D eigenvalue weighted by atomic mass is 10.3. The Balaban J connectivity index is 2.90. The number of hydrogen-bond donors (Lipinski definition) is 1. The van der Waals surface area contributed by atoms with Crippen molar-refractivity contribution in [2.75, 3.05) is 11.5 Å². The third-order valence-corrected chi connectivity index (χ3v) is 2.74. The normalized spacial score (nSPS) is 10.0. The Morgan fingerprint density at radius 3 is 2.82 bits per heavy atom. The molecule has 0 saturated carbocycles. The van der Waals surface area contributed by atoms with Crippen molar-refractivity contribution in [3.63, 3.8) is 0 Å². The number of thioether (sulfide) groups is 1. The van der Waals surface area contributed by atoms with Gasteiger partial charge in [0.15, 0.2) is 0 Å². The molecule has 0 saturated heterocycles. The third-order valence-electron chi connectivity index (χ3n) is 1.27. The first kappa shape index (κ1) is 8.94. The van der Waals surface area contributed by atoms with E-state index in [4.69, 9.17) is 5.73 Å². The molecular weight excluding hydrogens is 222 g/mol. The Morgan fingerprint density at radius 2 is 2.27 bits per heavy atom. The van der Waals surface area contributed by atoms with Crippen LogP contribution in [-0.4, -0.2) is 5.75 Å². The Hall–Kier alpha value is -0.150. The van der Waals surface area contributed by atoms with Gasteiger partial charge in [-0.1, -0.05) is 22.9 Å². The number of rotatable bonds is 2. The Labute approximate surface area is 79.5 Å². The number of benzene rings is 1. The lowest BCUT2D eigenvalue weighted by molar-refractivity contribution is 1.42. The first-order chi connectivity index (χ1) is 5.24. The molecule has 0 aliphatic rings. The van der Waals surface area contributed by atoms with Crippen molar-refractivity contribution in [3.05, 3.63) is 22.7 Å². The van der Waals surface area contributed by atoms with Crippen LogP contribution >= 0.6 is 27.7 Å². The van der Waals surface area contributed by atoms with Gasteiger partial charge in [0.2, 0.25) is 0 Å². The minimum atomic E-state index is 0.853. The Kier molecular flexibility index (Phi) is 3.27. The molecule has 2 N–H and O–H groups in total. The molecule has 0 atom stereocenters. The van der Waals surface area contributed by atoms with Gasteiger partial charge in [0.05, 0.1) is 0 Å². The molecule has 0 heterocycles. The van der Waals surface area contributed by atoms with E-state index < -0.39 is 0 Å². The van der Waals surface area contributed by atoms with Gasteiger partial charge in [-0.05, 0) is 24.0 Å². The van der Waals surface area contributed by atoms with Crippen LogP contribution in [0.15, 0.2) is 27.6 Å². The van der Waals surface area contributed by atoms with Crippen molar-refractivity contribution in [2.24, 2.45) is 0 Å². The van der Waals surface area contributed by atoms with E-state index in [1.54, 1.807) is 11.8 Å². The smallest absolute Gasteiger partial charge is 0.0463 e. The van der Waals surface area contributed by atoms with Crippen molar-refractivity contribution >= 4 is 33.4 Å². The lowest BCUT2D eigenvalue weighted by Gasteiger charge is -2.02. The molecule has 1 aromatic rings. The van der Waals surface area contributed by atoms with Crippen LogP contribution in [0.2, 0.25) is 0 Å². The topological polar surface area (TPSA) is 26.0 Å². The van der Waals surface area contributed by atoms with Crippen LogP contribution in [0.1, 0.15) is 6.92 Å². The van der Waals surface area contributed by atoms with Gasteiger partial charge in [0.25, 0.3) is 0 Å². The summed E-state index contributed by atoms with van der Waals surface area (Å²) in [4.78, 5) is 1.16. The Bertz CT molecular complexity index is 250. The number of nitrogen functional groups attached to an aromatic ring is 1. The molecule has 1 nitrogen and oxygen atoms in total. The highest BCUT2D eigenvalue weighted by molar-refractivity contribution is 9.10. The maximum absolute atomic E-state index is 5.76. The summed E-state index contributed by atoms with van der Waals surface area (Å²) in [6.45, 7) is 2.12. The highest BCUT2D eigenvalue weighted by atomic mass is 79.9. The average molecular weight is 232 g/mol. The molecule has 1 aromatic carbocycles. The van der Waals surface area contributed by atoms with Gasteiger partial charge >= 0.3 is 0 Å².